The first-order valence-electron chi connectivity index (χ1n) is 6.46. The van der Waals surface area contributed by atoms with E-state index < -0.39 is 0 Å². The van der Waals surface area contributed by atoms with E-state index in [0.29, 0.717) is 0 Å². The summed E-state index contributed by atoms with van der Waals surface area (Å²) >= 11 is 3.46. The van der Waals surface area contributed by atoms with Crippen molar-refractivity contribution in [1.29, 1.82) is 0 Å². The van der Waals surface area contributed by atoms with Crippen molar-refractivity contribution < 1.29 is 4.74 Å². The van der Waals surface area contributed by atoms with E-state index in [9.17, 15) is 0 Å². The topological polar surface area (TPSA) is 9.23 Å². The third-order valence-electron chi connectivity index (χ3n) is 2.73. The minimum Gasteiger partial charge on any atom is -0.385 e. The van der Waals surface area contributed by atoms with E-state index in [-0.39, 0.29) is 0 Å². The maximum atomic E-state index is 5.02. The van der Waals surface area contributed by atoms with Crippen LogP contribution in [0.1, 0.15) is 64.2 Å². The Bertz CT molecular complexity index is 94.7. The van der Waals surface area contributed by atoms with Crippen LogP contribution in [-0.4, -0.2) is 19.0 Å². The Labute approximate surface area is 104 Å². The monoisotopic (exact) mass is 278 g/mol. The van der Waals surface area contributed by atoms with Gasteiger partial charge in [0.25, 0.3) is 0 Å². The maximum Gasteiger partial charge on any atom is 0.0462 e. The highest BCUT2D eigenvalue weighted by Gasteiger charge is 1.92. The quantitative estimate of drug-likeness (QED) is 0.363. The number of rotatable bonds is 12. The summed E-state index contributed by atoms with van der Waals surface area (Å²) in [6.45, 7) is 0.937. The van der Waals surface area contributed by atoms with Gasteiger partial charge in [0.05, 0.1) is 0 Å². The normalized spacial score (nSPS) is 10.8. The molecule has 0 aromatic heterocycles. The van der Waals surface area contributed by atoms with Crippen molar-refractivity contribution in [3.8, 4) is 0 Å². The summed E-state index contributed by atoms with van der Waals surface area (Å²) in [5.74, 6) is 0. The van der Waals surface area contributed by atoms with Crippen molar-refractivity contribution in [3.63, 3.8) is 0 Å². The molecule has 0 rings (SSSR count). The molecule has 0 aromatic carbocycles. The second-order valence-corrected chi connectivity index (χ2v) is 5.01. The van der Waals surface area contributed by atoms with Crippen molar-refractivity contribution in [2.75, 3.05) is 19.0 Å². The van der Waals surface area contributed by atoms with E-state index in [1.807, 2.05) is 0 Å². The summed E-state index contributed by atoms with van der Waals surface area (Å²) in [5.41, 5.74) is 0. The van der Waals surface area contributed by atoms with Crippen LogP contribution in [0.2, 0.25) is 0 Å². The van der Waals surface area contributed by atoms with E-state index in [1.54, 1.807) is 7.11 Å². The van der Waals surface area contributed by atoms with E-state index in [0.717, 1.165) is 6.61 Å². The first-order valence-corrected chi connectivity index (χ1v) is 7.59. The van der Waals surface area contributed by atoms with Crippen LogP contribution in [0.3, 0.4) is 0 Å². The molecule has 0 aromatic rings. The van der Waals surface area contributed by atoms with Crippen molar-refractivity contribution in [1.82, 2.24) is 0 Å². The number of hydrogen-bond acceptors (Lipinski definition) is 1. The van der Waals surface area contributed by atoms with Gasteiger partial charge in [0.15, 0.2) is 0 Å². The van der Waals surface area contributed by atoms with Gasteiger partial charge in [-0.1, -0.05) is 67.3 Å². The average molecular weight is 279 g/mol. The van der Waals surface area contributed by atoms with Crippen molar-refractivity contribution in [3.05, 3.63) is 0 Å². The third-order valence-corrected chi connectivity index (χ3v) is 3.29. The SMILES string of the molecule is COCCCCCCCCCCCCBr. The molecule has 2 heteroatoms. The molecule has 0 N–H and O–H groups in total. The smallest absolute Gasteiger partial charge is 0.0462 e. The molecule has 0 unspecified atom stereocenters. The fourth-order valence-electron chi connectivity index (χ4n) is 1.76. The van der Waals surface area contributed by atoms with Gasteiger partial charge in [-0.15, -0.1) is 0 Å². The van der Waals surface area contributed by atoms with E-state index in [4.69, 9.17) is 4.74 Å². The first kappa shape index (κ1) is 15.4. The van der Waals surface area contributed by atoms with Gasteiger partial charge in [-0.3, -0.25) is 0 Å². The van der Waals surface area contributed by atoms with E-state index in [2.05, 4.69) is 15.9 Å². The Morgan fingerprint density at radius 1 is 0.667 bits per heavy atom. The number of unbranched alkanes of at least 4 members (excludes halogenated alkanes) is 9. The van der Waals surface area contributed by atoms with Crippen LogP contribution in [0.5, 0.6) is 0 Å². The highest BCUT2D eigenvalue weighted by molar-refractivity contribution is 9.09. The molecule has 0 saturated carbocycles. The number of alkyl halides is 1. The largest absolute Gasteiger partial charge is 0.385 e. The summed E-state index contributed by atoms with van der Waals surface area (Å²) in [7, 11) is 1.78. The molecule has 1 nitrogen and oxygen atoms in total. The Balaban J connectivity index is 2.81. The molecule has 0 aliphatic heterocycles. The minimum absolute atomic E-state index is 0.937. The molecule has 0 spiro atoms. The Morgan fingerprint density at radius 3 is 1.47 bits per heavy atom. The molecular weight excluding hydrogens is 252 g/mol. The van der Waals surface area contributed by atoms with Gasteiger partial charge in [-0.2, -0.15) is 0 Å². The van der Waals surface area contributed by atoms with Gasteiger partial charge in [0, 0.05) is 19.0 Å². The Morgan fingerprint density at radius 2 is 1.07 bits per heavy atom. The van der Waals surface area contributed by atoms with Crippen LogP contribution < -0.4 is 0 Å². The zero-order valence-corrected chi connectivity index (χ0v) is 11.9. The Kier molecular flexibility index (Phi) is 14.9. The number of hydrogen-bond donors (Lipinski definition) is 0. The molecule has 0 amide bonds. The molecule has 0 saturated heterocycles. The molecule has 0 aliphatic carbocycles. The minimum atomic E-state index is 0.937. The molecule has 15 heavy (non-hydrogen) atoms. The summed E-state index contributed by atoms with van der Waals surface area (Å²) in [6, 6.07) is 0. The summed E-state index contributed by atoms with van der Waals surface area (Å²) in [6.07, 6.45) is 13.9. The molecule has 0 bridgehead atoms. The standard InChI is InChI=1S/C13H27BrO/c1-15-13-11-9-7-5-3-2-4-6-8-10-12-14/h2-13H2,1H3. The molecule has 92 valence electrons. The predicted octanol–water partition coefficient (Wildman–Crippen LogP) is 4.93. The average Bonchev–Trinajstić information content (AvgIpc) is 2.26. The summed E-state index contributed by atoms with van der Waals surface area (Å²) in [4.78, 5) is 0. The van der Waals surface area contributed by atoms with E-state index >= 15 is 0 Å². The van der Waals surface area contributed by atoms with Gasteiger partial charge in [-0.25, -0.2) is 0 Å². The van der Waals surface area contributed by atoms with Crippen LogP contribution in [0.25, 0.3) is 0 Å². The first-order chi connectivity index (χ1) is 7.41. The molecule has 0 aliphatic rings. The molecular formula is C13H27BrO. The second-order valence-electron chi connectivity index (χ2n) is 4.22. The molecule has 0 radical (unpaired) electrons. The van der Waals surface area contributed by atoms with Gasteiger partial charge >= 0.3 is 0 Å². The zero-order valence-electron chi connectivity index (χ0n) is 10.3. The van der Waals surface area contributed by atoms with E-state index in [1.165, 1.54) is 69.5 Å². The zero-order chi connectivity index (χ0) is 11.2. The van der Waals surface area contributed by atoms with Gasteiger partial charge in [0.1, 0.15) is 0 Å². The molecule has 0 heterocycles. The molecule has 0 fully saturated rings. The van der Waals surface area contributed by atoms with Crippen LogP contribution in [0, 0.1) is 0 Å². The highest BCUT2D eigenvalue weighted by Crippen LogP contribution is 2.10. The lowest BCUT2D eigenvalue weighted by Gasteiger charge is -2.01. The van der Waals surface area contributed by atoms with Crippen LogP contribution >= 0.6 is 15.9 Å². The maximum absolute atomic E-state index is 5.02. The van der Waals surface area contributed by atoms with Crippen LogP contribution in [0.4, 0.5) is 0 Å². The van der Waals surface area contributed by atoms with Gasteiger partial charge in [-0.05, 0) is 12.8 Å². The highest BCUT2D eigenvalue weighted by atomic mass is 79.9. The van der Waals surface area contributed by atoms with Crippen LogP contribution in [0.15, 0.2) is 0 Å². The lowest BCUT2D eigenvalue weighted by molar-refractivity contribution is 0.192. The third kappa shape index (κ3) is 14.4. The Hall–Kier alpha value is 0.440. The lowest BCUT2D eigenvalue weighted by atomic mass is 10.1. The number of halogens is 1. The number of ether oxygens (including phenoxy) is 1. The number of methoxy groups -OCH3 is 1. The molecule has 0 atom stereocenters. The lowest BCUT2D eigenvalue weighted by Crippen LogP contribution is -1.88. The van der Waals surface area contributed by atoms with Gasteiger partial charge in [0.2, 0.25) is 0 Å². The fraction of sp³-hybridized carbons (Fsp3) is 1.00. The van der Waals surface area contributed by atoms with Crippen molar-refractivity contribution in [2.24, 2.45) is 0 Å². The van der Waals surface area contributed by atoms with Crippen molar-refractivity contribution in [2.45, 2.75) is 64.2 Å². The summed E-state index contributed by atoms with van der Waals surface area (Å²) < 4.78 is 5.02. The summed E-state index contributed by atoms with van der Waals surface area (Å²) in [5, 5.41) is 1.17. The predicted molar refractivity (Wildman–Crippen MR) is 71.8 cm³/mol. The second kappa shape index (κ2) is 14.4. The fourth-order valence-corrected chi connectivity index (χ4v) is 2.15. The van der Waals surface area contributed by atoms with Crippen LogP contribution in [-0.2, 0) is 4.74 Å². The van der Waals surface area contributed by atoms with Gasteiger partial charge < -0.3 is 4.74 Å². The van der Waals surface area contributed by atoms with Crippen molar-refractivity contribution >= 4 is 15.9 Å².